The van der Waals surface area contributed by atoms with Gasteiger partial charge in [-0.15, -0.1) is 0 Å². The van der Waals surface area contributed by atoms with E-state index in [0.29, 0.717) is 5.56 Å². The van der Waals surface area contributed by atoms with E-state index in [1.165, 1.54) is 12.0 Å². The van der Waals surface area contributed by atoms with Gasteiger partial charge in [0.05, 0.1) is 6.54 Å². The van der Waals surface area contributed by atoms with Crippen LogP contribution in [0, 0.1) is 0 Å². The van der Waals surface area contributed by atoms with Crippen LogP contribution in [0.1, 0.15) is 47.1 Å². The first-order chi connectivity index (χ1) is 13.2. The highest BCUT2D eigenvalue weighted by Gasteiger charge is 2.44. The summed E-state index contributed by atoms with van der Waals surface area (Å²) in [4.78, 5) is 24.7. The van der Waals surface area contributed by atoms with Crippen molar-refractivity contribution in [3.63, 3.8) is 0 Å². The Morgan fingerprint density at radius 2 is 1.83 bits per heavy atom. The predicted octanol–water partition coefficient (Wildman–Crippen LogP) is 5.03. The summed E-state index contributed by atoms with van der Waals surface area (Å²) < 4.78 is 17.6. The second-order valence-electron chi connectivity index (χ2n) is 9.86. The van der Waals surface area contributed by atoms with Crippen molar-refractivity contribution in [3.8, 4) is 5.75 Å². The molecule has 29 heavy (non-hydrogen) atoms. The van der Waals surface area contributed by atoms with Gasteiger partial charge in [-0.3, -0.25) is 4.90 Å². The maximum absolute atomic E-state index is 12.5. The summed E-state index contributed by atoms with van der Waals surface area (Å²) in [5.74, 6) is -0.536. The SMILES string of the molecule is COC1(c2cccc(O[Si](C)(C)C(C)(C)C)c2)CN(C(=O)OC(C)(C)C)COO1. The van der Waals surface area contributed by atoms with Gasteiger partial charge in [0.25, 0.3) is 0 Å². The number of hydrogen-bond acceptors (Lipinski definition) is 6. The first-order valence-electron chi connectivity index (χ1n) is 9.82. The summed E-state index contributed by atoms with van der Waals surface area (Å²) in [7, 11) is -0.491. The topological polar surface area (TPSA) is 66.5 Å². The van der Waals surface area contributed by atoms with E-state index in [0.717, 1.165) is 5.75 Å². The number of nitrogens with zero attached hydrogens (tertiary/aromatic N) is 1. The molecule has 0 aromatic heterocycles. The van der Waals surface area contributed by atoms with E-state index < -0.39 is 25.8 Å². The van der Waals surface area contributed by atoms with Crippen LogP contribution in [0.25, 0.3) is 0 Å². The van der Waals surface area contributed by atoms with Crippen LogP contribution in [0.4, 0.5) is 4.79 Å². The summed E-state index contributed by atoms with van der Waals surface area (Å²) in [6.45, 7) is 16.5. The molecule has 1 atom stereocenters. The third-order valence-electron chi connectivity index (χ3n) is 5.24. The van der Waals surface area contributed by atoms with Crippen molar-refractivity contribution in [1.29, 1.82) is 0 Å². The van der Waals surface area contributed by atoms with E-state index in [1.807, 2.05) is 45.0 Å². The molecule has 2 rings (SSSR count). The highest BCUT2D eigenvalue weighted by atomic mass is 28.4. The maximum Gasteiger partial charge on any atom is 0.412 e. The number of carbonyl (C=O) groups is 1. The molecule has 0 spiro atoms. The smallest absolute Gasteiger partial charge is 0.412 e. The average Bonchev–Trinajstić information content (AvgIpc) is 2.59. The number of methoxy groups -OCH3 is 1. The molecule has 164 valence electrons. The second-order valence-corrected chi connectivity index (χ2v) is 14.6. The monoisotopic (exact) mass is 425 g/mol. The fourth-order valence-corrected chi connectivity index (χ4v) is 3.57. The van der Waals surface area contributed by atoms with Gasteiger partial charge in [0, 0.05) is 12.7 Å². The lowest BCUT2D eigenvalue weighted by molar-refractivity contribution is -0.469. The quantitative estimate of drug-likeness (QED) is 0.498. The zero-order valence-electron chi connectivity index (χ0n) is 19.1. The number of carbonyl (C=O) groups excluding carboxylic acids is 1. The van der Waals surface area contributed by atoms with Crippen molar-refractivity contribution in [2.45, 2.75) is 71.1 Å². The lowest BCUT2D eigenvalue weighted by atomic mass is 10.0. The van der Waals surface area contributed by atoms with Crippen molar-refractivity contribution < 1.29 is 28.5 Å². The largest absolute Gasteiger partial charge is 0.543 e. The van der Waals surface area contributed by atoms with Crippen LogP contribution < -0.4 is 4.43 Å². The van der Waals surface area contributed by atoms with Crippen LogP contribution in [0.15, 0.2) is 24.3 Å². The van der Waals surface area contributed by atoms with E-state index in [9.17, 15) is 4.79 Å². The normalized spacial score (nSPS) is 21.1. The molecule has 1 saturated heterocycles. The van der Waals surface area contributed by atoms with Crippen molar-refractivity contribution in [3.05, 3.63) is 29.8 Å². The van der Waals surface area contributed by atoms with E-state index >= 15 is 0 Å². The molecule has 1 fully saturated rings. The van der Waals surface area contributed by atoms with Crippen LogP contribution in [-0.4, -0.2) is 45.3 Å². The average molecular weight is 426 g/mol. The second kappa shape index (κ2) is 8.26. The molecule has 1 aromatic carbocycles. The maximum atomic E-state index is 12.5. The van der Waals surface area contributed by atoms with Gasteiger partial charge >= 0.3 is 6.09 Å². The van der Waals surface area contributed by atoms with Gasteiger partial charge in [-0.05, 0) is 51.0 Å². The minimum absolute atomic E-state index is 0.0415. The van der Waals surface area contributed by atoms with Crippen molar-refractivity contribution >= 4 is 14.4 Å². The molecule has 1 heterocycles. The summed E-state index contributed by atoms with van der Waals surface area (Å²) in [5.41, 5.74) is 0.0895. The molecule has 1 aliphatic heterocycles. The Balaban J connectivity index is 2.27. The minimum atomic E-state index is -2.01. The van der Waals surface area contributed by atoms with Crippen LogP contribution >= 0.6 is 0 Å². The minimum Gasteiger partial charge on any atom is -0.543 e. The summed E-state index contributed by atoms with van der Waals surface area (Å²) in [5, 5.41) is 0.0694. The zero-order chi connectivity index (χ0) is 22.1. The molecular formula is C21H35NO6Si. The third-order valence-corrected chi connectivity index (χ3v) is 9.59. The van der Waals surface area contributed by atoms with Gasteiger partial charge in [0.2, 0.25) is 14.1 Å². The first kappa shape index (κ1) is 23.7. The molecule has 7 nitrogen and oxygen atoms in total. The molecule has 0 bridgehead atoms. The predicted molar refractivity (Wildman–Crippen MR) is 113 cm³/mol. The van der Waals surface area contributed by atoms with Gasteiger partial charge in [0.1, 0.15) is 11.4 Å². The van der Waals surface area contributed by atoms with Crippen molar-refractivity contribution in [2.24, 2.45) is 0 Å². The van der Waals surface area contributed by atoms with Gasteiger partial charge in [-0.2, -0.15) is 4.89 Å². The summed E-state index contributed by atoms with van der Waals surface area (Å²) in [6.07, 6.45) is -0.490. The van der Waals surface area contributed by atoms with Crippen LogP contribution in [0.2, 0.25) is 18.1 Å². The highest BCUT2D eigenvalue weighted by Crippen LogP contribution is 2.39. The Morgan fingerprint density at radius 1 is 1.17 bits per heavy atom. The molecule has 0 aliphatic carbocycles. The van der Waals surface area contributed by atoms with Crippen LogP contribution in [-0.2, 0) is 25.0 Å². The van der Waals surface area contributed by atoms with E-state index in [2.05, 4.69) is 33.9 Å². The molecule has 1 unspecified atom stereocenters. The van der Waals surface area contributed by atoms with Crippen molar-refractivity contribution in [2.75, 3.05) is 20.4 Å². The molecule has 8 heteroatoms. The number of rotatable bonds is 4. The highest BCUT2D eigenvalue weighted by molar-refractivity contribution is 6.74. The number of benzene rings is 1. The van der Waals surface area contributed by atoms with Gasteiger partial charge in [-0.25, -0.2) is 9.68 Å². The summed E-state index contributed by atoms with van der Waals surface area (Å²) >= 11 is 0. The van der Waals surface area contributed by atoms with Crippen molar-refractivity contribution in [1.82, 2.24) is 4.90 Å². The van der Waals surface area contributed by atoms with Crippen LogP contribution in [0.5, 0.6) is 5.75 Å². The number of ether oxygens (including phenoxy) is 2. The molecule has 1 aliphatic rings. The molecule has 1 amide bonds. The Kier molecular flexibility index (Phi) is 6.74. The Bertz CT molecular complexity index is 725. The third kappa shape index (κ3) is 5.72. The van der Waals surface area contributed by atoms with E-state index in [4.69, 9.17) is 23.7 Å². The molecule has 0 radical (unpaired) electrons. The molecule has 1 aromatic rings. The zero-order valence-corrected chi connectivity index (χ0v) is 20.1. The van der Waals surface area contributed by atoms with E-state index in [1.54, 1.807) is 0 Å². The van der Waals surface area contributed by atoms with Gasteiger partial charge in [0.15, 0.2) is 6.73 Å². The standard InChI is InChI=1S/C21H35NO6Si/c1-19(2,3)26-18(23)22-14-21(24-7,28-25-15-22)16-11-10-12-17(13-16)27-29(8,9)20(4,5)6/h10-13H,14-15H2,1-9H3. The summed E-state index contributed by atoms with van der Waals surface area (Å²) in [6, 6.07) is 7.55. The number of hydrogen-bond donors (Lipinski definition) is 0. The Morgan fingerprint density at radius 3 is 2.38 bits per heavy atom. The van der Waals surface area contributed by atoms with Crippen LogP contribution in [0.3, 0.4) is 0 Å². The lowest BCUT2D eigenvalue weighted by Gasteiger charge is -2.40. The molecule has 0 N–H and O–H groups in total. The number of amides is 1. The molecule has 0 saturated carbocycles. The molecular weight excluding hydrogens is 390 g/mol. The Hall–Kier alpha value is -1.61. The Labute approximate surface area is 175 Å². The lowest BCUT2D eigenvalue weighted by Crippen LogP contribution is -2.53. The van der Waals surface area contributed by atoms with E-state index in [-0.39, 0.29) is 18.3 Å². The fourth-order valence-electron chi connectivity index (χ4n) is 2.55. The fraction of sp³-hybridized carbons (Fsp3) is 0.667. The first-order valence-corrected chi connectivity index (χ1v) is 12.7. The van der Waals surface area contributed by atoms with Gasteiger partial charge < -0.3 is 13.9 Å². The van der Waals surface area contributed by atoms with Gasteiger partial charge in [-0.1, -0.05) is 32.9 Å².